The van der Waals surface area contributed by atoms with E-state index >= 15 is 0 Å². The molecule has 0 saturated carbocycles. The number of rotatable bonds is 3. The Bertz CT molecular complexity index is 400. The summed E-state index contributed by atoms with van der Waals surface area (Å²) in [5.74, 6) is 1.26. The van der Waals surface area contributed by atoms with Crippen molar-refractivity contribution < 1.29 is 14.9 Å². The lowest BCUT2D eigenvalue weighted by molar-refractivity contribution is -0.137. The predicted molar refractivity (Wildman–Crippen MR) is 61.7 cm³/mol. The zero-order valence-corrected chi connectivity index (χ0v) is 8.88. The highest BCUT2D eigenvalue weighted by Gasteiger charge is 1.99. The molecule has 0 aliphatic rings. The zero-order chi connectivity index (χ0) is 11.4. The molecule has 0 fully saturated rings. The third-order valence-electron chi connectivity index (χ3n) is 2.38. The van der Waals surface area contributed by atoms with E-state index in [0.29, 0.717) is 5.75 Å². The molecule has 2 rings (SSSR count). The van der Waals surface area contributed by atoms with Crippen molar-refractivity contribution in [3.05, 3.63) is 48.5 Å². The number of benzene rings is 2. The summed E-state index contributed by atoms with van der Waals surface area (Å²) in [7, 11) is 1.64. The van der Waals surface area contributed by atoms with Gasteiger partial charge in [0.15, 0.2) is 5.75 Å². The minimum Gasteiger partial charge on any atom is -0.497 e. The summed E-state index contributed by atoms with van der Waals surface area (Å²) in [5, 5.41) is 8.45. The van der Waals surface area contributed by atoms with E-state index in [1.165, 1.54) is 0 Å². The second kappa shape index (κ2) is 4.68. The standard InChI is InChI=1S/C13H12O3/c1-15-12-6-2-10(3-7-12)11-4-8-13(16-14)9-5-11/h2-9,14H,1H3. The fraction of sp³-hybridized carbons (Fsp3) is 0.0769. The first-order valence-electron chi connectivity index (χ1n) is 4.89. The van der Waals surface area contributed by atoms with Crippen LogP contribution in [0.5, 0.6) is 11.5 Å². The fourth-order valence-electron chi connectivity index (χ4n) is 1.49. The van der Waals surface area contributed by atoms with Gasteiger partial charge in [-0.05, 0) is 35.4 Å². The Balaban J connectivity index is 2.28. The lowest BCUT2D eigenvalue weighted by atomic mass is 10.1. The summed E-state index contributed by atoms with van der Waals surface area (Å²) in [6, 6.07) is 15.0. The lowest BCUT2D eigenvalue weighted by Gasteiger charge is -2.04. The second-order valence-corrected chi connectivity index (χ2v) is 3.34. The highest BCUT2D eigenvalue weighted by Crippen LogP contribution is 2.24. The molecular formula is C13H12O3. The van der Waals surface area contributed by atoms with Crippen molar-refractivity contribution in [1.29, 1.82) is 0 Å². The molecule has 0 heterocycles. The van der Waals surface area contributed by atoms with Crippen LogP contribution in [0.3, 0.4) is 0 Å². The van der Waals surface area contributed by atoms with Gasteiger partial charge in [-0.15, -0.1) is 0 Å². The fourth-order valence-corrected chi connectivity index (χ4v) is 1.49. The Labute approximate surface area is 93.8 Å². The first-order chi connectivity index (χ1) is 7.83. The average Bonchev–Trinajstić information content (AvgIpc) is 2.39. The van der Waals surface area contributed by atoms with Gasteiger partial charge in [0.1, 0.15) is 5.75 Å². The number of ether oxygens (including phenoxy) is 1. The van der Waals surface area contributed by atoms with Gasteiger partial charge in [-0.1, -0.05) is 24.3 Å². The Morgan fingerprint density at radius 2 is 1.19 bits per heavy atom. The third-order valence-corrected chi connectivity index (χ3v) is 2.38. The lowest BCUT2D eigenvalue weighted by Crippen LogP contribution is -1.84. The highest BCUT2D eigenvalue weighted by atomic mass is 17.1. The summed E-state index contributed by atoms with van der Waals surface area (Å²) in [6.07, 6.45) is 0. The van der Waals surface area contributed by atoms with Gasteiger partial charge >= 0.3 is 0 Å². The van der Waals surface area contributed by atoms with Crippen molar-refractivity contribution >= 4 is 0 Å². The number of hydrogen-bond acceptors (Lipinski definition) is 3. The summed E-state index contributed by atoms with van der Waals surface area (Å²) in [5.41, 5.74) is 2.15. The van der Waals surface area contributed by atoms with Crippen LogP contribution >= 0.6 is 0 Å². The van der Waals surface area contributed by atoms with E-state index in [4.69, 9.17) is 9.99 Å². The van der Waals surface area contributed by atoms with E-state index in [1.807, 2.05) is 36.4 Å². The molecule has 0 aromatic heterocycles. The maximum atomic E-state index is 8.45. The molecule has 0 saturated heterocycles. The van der Waals surface area contributed by atoms with Crippen molar-refractivity contribution in [2.45, 2.75) is 0 Å². The normalized spacial score (nSPS) is 9.88. The van der Waals surface area contributed by atoms with Crippen LogP contribution < -0.4 is 9.62 Å². The van der Waals surface area contributed by atoms with Crippen molar-refractivity contribution in [3.63, 3.8) is 0 Å². The smallest absolute Gasteiger partial charge is 0.165 e. The maximum Gasteiger partial charge on any atom is 0.165 e. The Morgan fingerprint density at radius 1 is 0.750 bits per heavy atom. The van der Waals surface area contributed by atoms with Crippen LogP contribution in [0, 0.1) is 0 Å². The van der Waals surface area contributed by atoms with Crippen LogP contribution in [0.2, 0.25) is 0 Å². The monoisotopic (exact) mass is 216 g/mol. The Morgan fingerprint density at radius 3 is 1.56 bits per heavy atom. The molecule has 0 amide bonds. The molecule has 16 heavy (non-hydrogen) atoms. The molecule has 82 valence electrons. The molecule has 2 aromatic rings. The van der Waals surface area contributed by atoms with Crippen molar-refractivity contribution in [1.82, 2.24) is 0 Å². The van der Waals surface area contributed by atoms with E-state index in [9.17, 15) is 0 Å². The zero-order valence-electron chi connectivity index (χ0n) is 8.88. The van der Waals surface area contributed by atoms with Crippen LogP contribution in [0.15, 0.2) is 48.5 Å². The maximum absolute atomic E-state index is 8.45. The van der Waals surface area contributed by atoms with E-state index < -0.39 is 0 Å². The van der Waals surface area contributed by atoms with Gasteiger partial charge in [-0.2, -0.15) is 0 Å². The second-order valence-electron chi connectivity index (χ2n) is 3.34. The molecular weight excluding hydrogens is 204 g/mol. The van der Waals surface area contributed by atoms with Gasteiger partial charge in [0.2, 0.25) is 0 Å². The third kappa shape index (κ3) is 2.15. The largest absolute Gasteiger partial charge is 0.497 e. The van der Waals surface area contributed by atoms with Crippen LogP contribution in [0.1, 0.15) is 0 Å². The van der Waals surface area contributed by atoms with Gasteiger partial charge in [0, 0.05) is 0 Å². The highest BCUT2D eigenvalue weighted by molar-refractivity contribution is 5.64. The van der Waals surface area contributed by atoms with Crippen molar-refractivity contribution in [2.24, 2.45) is 0 Å². The summed E-state index contributed by atoms with van der Waals surface area (Å²) >= 11 is 0. The van der Waals surface area contributed by atoms with Crippen LogP contribution in [0.25, 0.3) is 11.1 Å². The van der Waals surface area contributed by atoms with Gasteiger partial charge in [0.25, 0.3) is 0 Å². The Hall–Kier alpha value is -2.00. The number of hydrogen-bond donors (Lipinski definition) is 1. The minimum atomic E-state index is 0.428. The summed E-state index contributed by atoms with van der Waals surface area (Å²) < 4.78 is 5.09. The SMILES string of the molecule is COc1ccc(-c2ccc(OO)cc2)cc1. The molecule has 0 atom stereocenters. The Kier molecular flexibility index (Phi) is 3.08. The van der Waals surface area contributed by atoms with E-state index in [0.717, 1.165) is 16.9 Å². The molecule has 3 heteroatoms. The molecule has 0 aliphatic heterocycles. The quantitative estimate of drug-likeness (QED) is 0.632. The van der Waals surface area contributed by atoms with Crippen molar-refractivity contribution in [2.75, 3.05) is 7.11 Å². The first kappa shape index (κ1) is 10.5. The molecule has 0 unspecified atom stereocenters. The molecule has 3 nitrogen and oxygen atoms in total. The first-order valence-corrected chi connectivity index (χ1v) is 4.89. The summed E-state index contributed by atoms with van der Waals surface area (Å²) in [4.78, 5) is 4.12. The molecule has 1 N–H and O–H groups in total. The van der Waals surface area contributed by atoms with Crippen LogP contribution in [-0.2, 0) is 0 Å². The van der Waals surface area contributed by atoms with Crippen LogP contribution in [-0.4, -0.2) is 12.4 Å². The number of methoxy groups -OCH3 is 1. The van der Waals surface area contributed by atoms with Crippen LogP contribution in [0.4, 0.5) is 0 Å². The molecule has 0 spiro atoms. The van der Waals surface area contributed by atoms with E-state index in [-0.39, 0.29) is 0 Å². The molecule has 0 bridgehead atoms. The van der Waals surface area contributed by atoms with Gasteiger partial charge < -0.3 is 9.62 Å². The molecule has 0 radical (unpaired) electrons. The van der Waals surface area contributed by atoms with Crippen molar-refractivity contribution in [3.8, 4) is 22.6 Å². The predicted octanol–water partition coefficient (Wildman–Crippen LogP) is 3.21. The topological polar surface area (TPSA) is 38.7 Å². The van der Waals surface area contributed by atoms with Gasteiger partial charge in [-0.3, -0.25) is 0 Å². The average molecular weight is 216 g/mol. The molecule has 0 aliphatic carbocycles. The van der Waals surface area contributed by atoms with E-state index in [1.54, 1.807) is 19.2 Å². The molecule has 2 aromatic carbocycles. The van der Waals surface area contributed by atoms with E-state index in [2.05, 4.69) is 4.89 Å². The minimum absolute atomic E-state index is 0.428. The van der Waals surface area contributed by atoms with Gasteiger partial charge in [0.05, 0.1) is 7.11 Å². The van der Waals surface area contributed by atoms with Gasteiger partial charge in [-0.25, -0.2) is 5.26 Å². The summed E-state index contributed by atoms with van der Waals surface area (Å²) in [6.45, 7) is 0.